The van der Waals surface area contributed by atoms with Crippen LogP contribution in [0, 0.1) is 0 Å². The quantitative estimate of drug-likeness (QED) is 0.695. The standard InChI is InChI=1S/C11H12O2S/c12-14(13)8-10-6-3-5-9-4-1-2-7-11(9)10/h1-2,4,6-7H,3,5,8H2,(H,12,13)/p-1. The predicted molar refractivity (Wildman–Crippen MR) is 56.5 cm³/mol. The molecule has 3 heteroatoms. The van der Waals surface area contributed by atoms with Gasteiger partial charge in [-0.1, -0.05) is 41.4 Å². The maximum Gasteiger partial charge on any atom is 0.0356 e. The van der Waals surface area contributed by atoms with Crippen LogP contribution in [0.25, 0.3) is 5.57 Å². The van der Waals surface area contributed by atoms with Crippen molar-refractivity contribution < 1.29 is 8.76 Å². The maximum atomic E-state index is 10.6. The second-order valence-electron chi connectivity index (χ2n) is 3.37. The molecular weight excluding hydrogens is 196 g/mol. The van der Waals surface area contributed by atoms with E-state index in [9.17, 15) is 8.76 Å². The zero-order valence-corrected chi connectivity index (χ0v) is 8.55. The van der Waals surface area contributed by atoms with Crippen LogP contribution in [0.2, 0.25) is 0 Å². The first-order chi connectivity index (χ1) is 6.77. The van der Waals surface area contributed by atoms with Gasteiger partial charge in [0.1, 0.15) is 0 Å². The molecular formula is C11H11O2S-. The van der Waals surface area contributed by atoms with Gasteiger partial charge in [0, 0.05) is 5.75 Å². The third-order valence-corrected chi connectivity index (χ3v) is 2.99. The second-order valence-corrected chi connectivity index (χ2v) is 4.27. The topological polar surface area (TPSA) is 40.1 Å². The summed E-state index contributed by atoms with van der Waals surface area (Å²) in [7, 11) is 0. The lowest BCUT2D eigenvalue weighted by atomic mass is 9.92. The van der Waals surface area contributed by atoms with Crippen molar-refractivity contribution in [3.63, 3.8) is 0 Å². The summed E-state index contributed by atoms with van der Waals surface area (Å²) in [4.78, 5) is 0. The molecule has 1 aliphatic rings. The van der Waals surface area contributed by atoms with E-state index in [0.717, 1.165) is 24.0 Å². The van der Waals surface area contributed by atoms with Gasteiger partial charge in [-0.05, 0) is 29.5 Å². The van der Waals surface area contributed by atoms with Crippen LogP contribution in [-0.4, -0.2) is 14.5 Å². The number of benzene rings is 1. The molecule has 2 nitrogen and oxygen atoms in total. The SMILES string of the molecule is O=S([O-])CC1=CCCc2ccccc21. The molecule has 0 aromatic heterocycles. The summed E-state index contributed by atoms with van der Waals surface area (Å²) in [6.07, 6.45) is 3.99. The second kappa shape index (κ2) is 4.07. The summed E-state index contributed by atoms with van der Waals surface area (Å²) < 4.78 is 21.3. The van der Waals surface area contributed by atoms with Crippen molar-refractivity contribution in [2.45, 2.75) is 12.8 Å². The Morgan fingerprint density at radius 2 is 2.14 bits per heavy atom. The minimum absolute atomic E-state index is 0.136. The molecule has 0 radical (unpaired) electrons. The van der Waals surface area contributed by atoms with E-state index in [1.807, 2.05) is 24.3 Å². The van der Waals surface area contributed by atoms with Crippen LogP contribution in [0.4, 0.5) is 0 Å². The highest BCUT2D eigenvalue weighted by Gasteiger charge is 2.10. The Kier molecular flexibility index (Phi) is 2.79. The fourth-order valence-corrected chi connectivity index (χ4v) is 2.35. The summed E-state index contributed by atoms with van der Waals surface area (Å²) in [6.45, 7) is 0. The van der Waals surface area contributed by atoms with Gasteiger partial charge in [0.05, 0.1) is 0 Å². The summed E-state index contributed by atoms with van der Waals surface area (Å²) in [5.41, 5.74) is 3.30. The predicted octanol–water partition coefficient (Wildman–Crippen LogP) is 1.90. The van der Waals surface area contributed by atoms with Crippen LogP contribution in [0.5, 0.6) is 0 Å². The summed E-state index contributed by atoms with van der Waals surface area (Å²) in [5, 5.41) is 0. The molecule has 0 fully saturated rings. The zero-order valence-electron chi connectivity index (χ0n) is 7.73. The van der Waals surface area contributed by atoms with Crippen LogP contribution >= 0.6 is 0 Å². The Morgan fingerprint density at radius 3 is 2.93 bits per heavy atom. The van der Waals surface area contributed by atoms with Crippen molar-refractivity contribution in [3.05, 3.63) is 41.5 Å². The highest BCUT2D eigenvalue weighted by molar-refractivity contribution is 7.79. The normalized spacial score (nSPS) is 17.1. The van der Waals surface area contributed by atoms with Crippen molar-refractivity contribution in [3.8, 4) is 0 Å². The van der Waals surface area contributed by atoms with Gasteiger partial charge in [0.25, 0.3) is 0 Å². The molecule has 0 bridgehead atoms. The molecule has 0 saturated heterocycles. The third kappa shape index (κ3) is 1.94. The molecule has 2 rings (SSSR count). The highest BCUT2D eigenvalue weighted by atomic mass is 32.2. The average Bonchev–Trinajstić information content (AvgIpc) is 2.18. The van der Waals surface area contributed by atoms with E-state index in [2.05, 4.69) is 6.07 Å². The van der Waals surface area contributed by atoms with Gasteiger partial charge >= 0.3 is 0 Å². The van der Waals surface area contributed by atoms with E-state index in [-0.39, 0.29) is 5.75 Å². The van der Waals surface area contributed by atoms with Crippen LogP contribution in [0.3, 0.4) is 0 Å². The van der Waals surface area contributed by atoms with Gasteiger partial charge in [-0.15, -0.1) is 0 Å². The Hall–Kier alpha value is -0.930. The monoisotopic (exact) mass is 207 g/mol. The maximum absolute atomic E-state index is 10.6. The van der Waals surface area contributed by atoms with Gasteiger partial charge in [0.2, 0.25) is 0 Å². The Bertz CT molecular complexity index is 396. The van der Waals surface area contributed by atoms with Crippen LogP contribution in [-0.2, 0) is 17.5 Å². The molecule has 74 valence electrons. The smallest absolute Gasteiger partial charge is 0.0356 e. The van der Waals surface area contributed by atoms with Gasteiger partial charge in [0.15, 0.2) is 0 Å². The first-order valence-electron chi connectivity index (χ1n) is 4.60. The molecule has 0 N–H and O–H groups in total. The van der Waals surface area contributed by atoms with E-state index in [0.29, 0.717) is 0 Å². The van der Waals surface area contributed by atoms with Gasteiger partial charge in [-0.3, -0.25) is 4.21 Å². The van der Waals surface area contributed by atoms with Crippen molar-refractivity contribution in [2.24, 2.45) is 0 Å². The highest BCUT2D eigenvalue weighted by Crippen LogP contribution is 2.26. The van der Waals surface area contributed by atoms with E-state index >= 15 is 0 Å². The molecule has 0 spiro atoms. The average molecular weight is 207 g/mol. The van der Waals surface area contributed by atoms with Gasteiger partial charge < -0.3 is 4.55 Å². The van der Waals surface area contributed by atoms with Crippen molar-refractivity contribution in [2.75, 3.05) is 5.75 Å². The molecule has 1 aromatic rings. The van der Waals surface area contributed by atoms with Crippen molar-refractivity contribution in [1.82, 2.24) is 0 Å². The zero-order chi connectivity index (χ0) is 9.97. The summed E-state index contributed by atoms with van der Waals surface area (Å²) in [6, 6.07) is 8.00. The van der Waals surface area contributed by atoms with Gasteiger partial charge in [-0.2, -0.15) is 0 Å². The molecule has 0 heterocycles. The molecule has 14 heavy (non-hydrogen) atoms. The summed E-state index contributed by atoms with van der Waals surface area (Å²) >= 11 is -1.99. The Morgan fingerprint density at radius 1 is 1.36 bits per heavy atom. The number of allylic oxidation sites excluding steroid dienone is 1. The van der Waals surface area contributed by atoms with Crippen molar-refractivity contribution >= 4 is 16.7 Å². The molecule has 1 unspecified atom stereocenters. The molecule has 1 aliphatic carbocycles. The number of aryl methyl sites for hydroxylation is 1. The molecule has 1 atom stereocenters. The van der Waals surface area contributed by atoms with E-state index in [1.165, 1.54) is 5.56 Å². The third-order valence-electron chi connectivity index (χ3n) is 2.44. The minimum Gasteiger partial charge on any atom is -0.772 e. The number of hydrogen-bond donors (Lipinski definition) is 0. The molecule has 1 aromatic carbocycles. The van der Waals surface area contributed by atoms with Crippen molar-refractivity contribution in [1.29, 1.82) is 0 Å². The fraction of sp³-hybridized carbons (Fsp3) is 0.273. The lowest BCUT2D eigenvalue weighted by Gasteiger charge is -2.18. The molecule has 0 aliphatic heterocycles. The number of hydrogen-bond acceptors (Lipinski definition) is 2. The largest absolute Gasteiger partial charge is 0.772 e. The van der Waals surface area contributed by atoms with Gasteiger partial charge in [-0.25, -0.2) is 0 Å². The molecule has 0 saturated carbocycles. The van der Waals surface area contributed by atoms with Crippen LogP contribution in [0.15, 0.2) is 30.3 Å². The lowest BCUT2D eigenvalue weighted by Crippen LogP contribution is -2.05. The number of rotatable bonds is 2. The summed E-state index contributed by atoms with van der Waals surface area (Å²) in [5.74, 6) is 0.136. The van der Waals surface area contributed by atoms with E-state index < -0.39 is 11.1 Å². The lowest BCUT2D eigenvalue weighted by molar-refractivity contribution is 0.540. The van der Waals surface area contributed by atoms with Crippen LogP contribution < -0.4 is 0 Å². The fourth-order valence-electron chi connectivity index (χ4n) is 1.83. The Labute approximate surface area is 85.9 Å². The number of fused-ring (bicyclic) bond motifs is 1. The Balaban J connectivity index is 2.35. The van der Waals surface area contributed by atoms with Crippen LogP contribution in [0.1, 0.15) is 17.5 Å². The minimum atomic E-state index is -1.99. The van der Waals surface area contributed by atoms with E-state index in [1.54, 1.807) is 0 Å². The molecule has 0 amide bonds. The first-order valence-corrected chi connectivity index (χ1v) is 5.85. The first kappa shape index (κ1) is 9.62. The van der Waals surface area contributed by atoms with E-state index in [4.69, 9.17) is 0 Å².